The second kappa shape index (κ2) is 5.37. The summed E-state index contributed by atoms with van der Waals surface area (Å²) in [5.41, 5.74) is 1.12. The van der Waals surface area contributed by atoms with E-state index in [4.69, 9.17) is 5.11 Å². The number of halogens is 1. The van der Waals surface area contributed by atoms with Crippen molar-refractivity contribution in [2.75, 3.05) is 13.2 Å². The Bertz CT molecular complexity index is 248. The van der Waals surface area contributed by atoms with Crippen LogP contribution in [0.3, 0.4) is 0 Å². The highest BCUT2D eigenvalue weighted by molar-refractivity contribution is 9.10. The lowest BCUT2D eigenvalue weighted by Crippen LogP contribution is -2.23. The molecule has 1 unspecified atom stereocenters. The minimum Gasteiger partial charge on any atom is -0.394 e. The summed E-state index contributed by atoms with van der Waals surface area (Å²) in [5.74, 6) is 0. The molecule has 0 saturated carbocycles. The van der Waals surface area contributed by atoms with Crippen LogP contribution in [0, 0.1) is 0 Å². The van der Waals surface area contributed by atoms with E-state index in [9.17, 15) is 0 Å². The van der Waals surface area contributed by atoms with Crippen molar-refractivity contribution in [3.63, 3.8) is 0 Å². The van der Waals surface area contributed by atoms with Gasteiger partial charge in [0.2, 0.25) is 0 Å². The van der Waals surface area contributed by atoms with Crippen molar-refractivity contribution in [2.45, 2.75) is 13.0 Å². The fourth-order valence-corrected chi connectivity index (χ4v) is 1.49. The summed E-state index contributed by atoms with van der Waals surface area (Å²) >= 11 is 3.37. The highest BCUT2D eigenvalue weighted by atomic mass is 79.9. The Morgan fingerprint density at radius 2 is 2.00 bits per heavy atom. The van der Waals surface area contributed by atoms with Gasteiger partial charge in [0, 0.05) is 4.47 Å². The average Bonchev–Trinajstić information content (AvgIpc) is 2.16. The van der Waals surface area contributed by atoms with Crippen LogP contribution in [0.15, 0.2) is 28.7 Å². The lowest BCUT2D eigenvalue weighted by molar-refractivity contribution is 0.246. The van der Waals surface area contributed by atoms with Gasteiger partial charge in [-0.2, -0.15) is 0 Å². The van der Waals surface area contributed by atoms with Crippen molar-refractivity contribution in [1.29, 1.82) is 0 Å². The fourth-order valence-electron chi connectivity index (χ4n) is 1.23. The van der Waals surface area contributed by atoms with Crippen molar-refractivity contribution >= 4 is 15.9 Å². The van der Waals surface area contributed by atoms with E-state index >= 15 is 0 Å². The van der Waals surface area contributed by atoms with Gasteiger partial charge < -0.3 is 10.4 Å². The summed E-state index contributed by atoms with van der Waals surface area (Å²) in [5, 5.41) is 12.3. The molecule has 0 spiro atoms. The zero-order chi connectivity index (χ0) is 9.68. The summed E-state index contributed by atoms with van der Waals surface area (Å²) < 4.78 is 1.06. The van der Waals surface area contributed by atoms with Crippen molar-refractivity contribution < 1.29 is 5.11 Å². The van der Waals surface area contributed by atoms with E-state index < -0.39 is 0 Å². The molecule has 0 heterocycles. The summed E-state index contributed by atoms with van der Waals surface area (Å²) in [6.07, 6.45) is 0. The van der Waals surface area contributed by atoms with Gasteiger partial charge in [0.15, 0.2) is 0 Å². The third-order valence-corrected chi connectivity index (χ3v) is 2.43. The molecule has 0 bridgehead atoms. The number of hydrogen-bond donors (Lipinski definition) is 2. The zero-order valence-corrected chi connectivity index (χ0v) is 9.21. The molecule has 3 heteroatoms. The Hall–Kier alpha value is -0.380. The molecule has 2 N–H and O–H groups in total. The van der Waals surface area contributed by atoms with Gasteiger partial charge in [0.1, 0.15) is 0 Å². The Morgan fingerprint density at radius 3 is 2.46 bits per heavy atom. The van der Waals surface area contributed by atoms with Crippen LogP contribution in [0.4, 0.5) is 0 Å². The molecule has 0 fully saturated rings. The molecule has 0 aliphatic heterocycles. The maximum Gasteiger partial charge on any atom is 0.0626 e. The number of likely N-dealkylation sites (N-methyl/N-ethyl adjacent to an activating group) is 1. The van der Waals surface area contributed by atoms with Crippen LogP contribution in [-0.2, 0) is 0 Å². The Balaban J connectivity index is 2.73. The molecule has 0 saturated heterocycles. The Morgan fingerprint density at radius 1 is 1.38 bits per heavy atom. The molecule has 0 aromatic heterocycles. The van der Waals surface area contributed by atoms with Gasteiger partial charge in [-0.1, -0.05) is 35.0 Å². The molecule has 0 aliphatic carbocycles. The quantitative estimate of drug-likeness (QED) is 0.850. The van der Waals surface area contributed by atoms with Crippen LogP contribution in [0.1, 0.15) is 18.5 Å². The third kappa shape index (κ3) is 3.10. The summed E-state index contributed by atoms with van der Waals surface area (Å²) in [6, 6.07) is 8.03. The molecule has 1 rings (SSSR count). The first-order valence-corrected chi connectivity index (χ1v) is 5.17. The van der Waals surface area contributed by atoms with Gasteiger partial charge in [0.05, 0.1) is 12.6 Å². The van der Waals surface area contributed by atoms with Crippen molar-refractivity contribution in [3.8, 4) is 0 Å². The predicted octanol–water partition coefficient (Wildman–Crippen LogP) is 2.09. The van der Waals surface area contributed by atoms with E-state index in [1.165, 1.54) is 0 Å². The molecular formula is C10H14BrNO. The summed E-state index contributed by atoms with van der Waals surface area (Å²) in [6.45, 7) is 3.03. The first-order valence-electron chi connectivity index (χ1n) is 4.37. The first kappa shape index (κ1) is 10.7. The maximum atomic E-state index is 9.11. The van der Waals surface area contributed by atoms with Crippen molar-refractivity contribution in [3.05, 3.63) is 34.3 Å². The van der Waals surface area contributed by atoms with Gasteiger partial charge in [-0.3, -0.25) is 0 Å². The number of aliphatic hydroxyl groups excluding tert-OH is 1. The Labute approximate surface area is 87.1 Å². The largest absolute Gasteiger partial charge is 0.394 e. The number of nitrogens with one attached hydrogen (secondary N) is 1. The lowest BCUT2D eigenvalue weighted by Gasteiger charge is -2.15. The van der Waals surface area contributed by atoms with Gasteiger partial charge >= 0.3 is 0 Å². The number of hydrogen-bond acceptors (Lipinski definition) is 2. The second-order valence-corrected chi connectivity index (χ2v) is 3.76. The highest BCUT2D eigenvalue weighted by Crippen LogP contribution is 2.16. The zero-order valence-electron chi connectivity index (χ0n) is 7.63. The normalized spacial score (nSPS) is 12.8. The number of rotatable bonds is 4. The molecule has 1 aromatic rings. The van der Waals surface area contributed by atoms with Gasteiger partial charge in [0.25, 0.3) is 0 Å². The van der Waals surface area contributed by atoms with Crippen LogP contribution in [0.25, 0.3) is 0 Å². The van der Waals surface area contributed by atoms with E-state index in [0.29, 0.717) is 0 Å². The minimum absolute atomic E-state index is 0.0538. The minimum atomic E-state index is 0.0538. The highest BCUT2D eigenvalue weighted by Gasteiger charge is 2.07. The maximum absolute atomic E-state index is 9.11. The second-order valence-electron chi connectivity index (χ2n) is 2.84. The van der Waals surface area contributed by atoms with E-state index in [1.807, 2.05) is 31.2 Å². The van der Waals surface area contributed by atoms with Gasteiger partial charge in [-0.15, -0.1) is 0 Å². The Kier molecular flexibility index (Phi) is 4.42. The smallest absolute Gasteiger partial charge is 0.0626 e. The first-order chi connectivity index (χ1) is 6.27. The van der Waals surface area contributed by atoms with Crippen LogP contribution in [-0.4, -0.2) is 18.3 Å². The average molecular weight is 244 g/mol. The SMILES string of the molecule is CCNC(CO)c1ccc(Br)cc1. The fraction of sp³-hybridized carbons (Fsp3) is 0.400. The topological polar surface area (TPSA) is 32.3 Å². The summed E-state index contributed by atoms with van der Waals surface area (Å²) in [4.78, 5) is 0. The molecule has 0 amide bonds. The van der Waals surface area contributed by atoms with Gasteiger partial charge in [-0.25, -0.2) is 0 Å². The molecule has 0 radical (unpaired) electrons. The number of benzene rings is 1. The van der Waals surface area contributed by atoms with E-state index in [2.05, 4.69) is 21.2 Å². The predicted molar refractivity (Wildman–Crippen MR) is 57.6 cm³/mol. The van der Waals surface area contributed by atoms with E-state index in [-0.39, 0.29) is 12.6 Å². The van der Waals surface area contributed by atoms with Crippen molar-refractivity contribution in [2.24, 2.45) is 0 Å². The molecule has 72 valence electrons. The van der Waals surface area contributed by atoms with Crippen LogP contribution in [0.2, 0.25) is 0 Å². The summed E-state index contributed by atoms with van der Waals surface area (Å²) in [7, 11) is 0. The van der Waals surface area contributed by atoms with Crippen molar-refractivity contribution in [1.82, 2.24) is 5.32 Å². The number of aliphatic hydroxyl groups is 1. The molecule has 1 aromatic carbocycles. The van der Waals surface area contributed by atoms with Crippen LogP contribution < -0.4 is 5.32 Å². The monoisotopic (exact) mass is 243 g/mol. The van der Waals surface area contributed by atoms with Crippen LogP contribution in [0.5, 0.6) is 0 Å². The van der Waals surface area contributed by atoms with E-state index in [1.54, 1.807) is 0 Å². The lowest BCUT2D eigenvalue weighted by atomic mass is 10.1. The van der Waals surface area contributed by atoms with Crippen LogP contribution >= 0.6 is 15.9 Å². The molecular weight excluding hydrogens is 230 g/mol. The third-order valence-electron chi connectivity index (χ3n) is 1.91. The van der Waals surface area contributed by atoms with Gasteiger partial charge in [-0.05, 0) is 24.2 Å². The molecule has 0 aliphatic rings. The molecule has 1 atom stereocenters. The standard InChI is InChI=1S/C10H14BrNO/c1-2-12-10(7-13)8-3-5-9(11)6-4-8/h3-6,10,12-13H,2,7H2,1H3. The molecule has 2 nitrogen and oxygen atoms in total. The van der Waals surface area contributed by atoms with E-state index in [0.717, 1.165) is 16.6 Å². The molecule has 13 heavy (non-hydrogen) atoms.